The Bertz CT molecular complexity index is 688. The van der Waals surface area contributed by atoms with Crippen LogP contribution in [0.5, 0.6) is 0 Å². The smallest absolute Gasteiger partial charge is 0.190 e. The van der Waals surface area contributed by atoms with E-state index in [-0.39, 0.29) is 6.42 Å². The fourth-order valence-corrected chi connectivity index (χ4v) is 3.54. The van der Waals surface area contributed by atoms with Gasteiger partial charge >= 0.3 is 0 Å². The van der Waals surface area contributed by atoms with Gasteiger partial charge in [-0.05, 0) is 45.5 Å². The van der Waals surface area contributed by atoms with Crippen LogP contribution in [-0.2, 0) is 9.47 Å². The van der Waals surface area contributed by atoms with Crippen LogP contribution >= 0.6 is 11.8 Å². The maximum absolute atomic E-state index is 9.33. The summed E-state index contributed by atoms with van der Waals surface area (Å²) in [6, 6.07) is 5.87. The molecule has 1 unspecified atom stereocenters. The summed E-state index contributed by atoms with van der Waals surface area (Å²) in [6.07, 6.45) is 4.70. The van der Waals surface area contributed by atoms with Crippen molar-refractivity contribution in [3.8, 4) is 12.1 Å². The molecule has 1 fully saturated rings. The van der Waals surface area contributed by atoms with Gasteiger partial charge in [-0.25, -0.2) is 9.97 Å². The van der Waals surface area contributed by atoms with Gasteiger partial charge in [-0.1, -0.05) is 0 Å². The van der Waals surface area contributed by atoms with Gasteiger partial charge in [0.05, 0.1) is 24.6 Å². The van der Waals surface area contributed by atoms with Crippen LogP contribution in [0.25, 0.3) is 0 Å². The first kappa shape index (κ1) is 17.3. The molecule has 0 amide bonds. The molecule has 23 heavy (non-hydrogen) atoms. The van der Waals surface area contributed by atoms with E-state index < -0.39 is 16.1 Å². The van der Waals surface area contributed by atoms with E-state index in [0.717, 1.165) is 0 Å². The second kappa shape index (κ2) is 6.19. The molecule has 120 valence electrons. The van der Waals surface area contributed by atoms with Crippen molar-refractivity contribution in [2.45, 2.75) is 55.4 Å². The zero-order valence-corrected chi connectivity index (χ0v) is 14.3. The van der Waals surface area contributed by atoms with Gasteiger partial charge in [-0.3, -0.25) is 0 Å². The molecule has 1 aliphatic heterocycles. The maximum Gasteiger partial charge on any atom is 0.190 e. The Hall–Kier alpha value is -2.09. The van der Waals surface area contributed by atoms with E-state index in [4.69, 9.17) is 14.7 Å². The third-order valence-electron chi connectivity index (χ3n) is 3.60. The van der Waals surface area contributed by atoms with Crippen LogP contribution in [0.3, 0.4) is 0 Å². The number of aromatic nitrogens is 2. The summed E-state index contributed by atoms with van der Waals surface area (Å²) in [5.74, 6) is 0.438. The fourth-order valence-electron chi connectivity index (χ4n) is 2.34. The molecule has 7 heteroatoms. The number of hydrogen-bond donors (Lipinski definition) is 0. The fraction of sp³-hybridized carbons (Fsp3) is 0.500. The molecule has 0 N–H and O–H groups in total. The van der Waals surface area contributed by atoms with Gasteiger partial charge in [0.25, 0.3) is 0 Å². The minimum Gasteiger partial charge on any atom is -0.484 e. The SMILES string of the molecule is CC1(C)OC(CC#N)(Sc2ncccn2)C(C)(C)O/C1=C/C#N. The third-order valence-corrected chi connectivity index (χ3v) is 5.04. The van der Waals surface area contributed by atoms with Gasteiger partial charge < -0.3 is 9.47 Å². The lowest BCUT2D eigenvalue weighted by molar-refractivity contribution is -0.232. The lowest BCUT2D eigenvalue weighted by atomic mass is 9.92. The molecule has 1 aliphatic rings. The topological polar surface area (TPSA) is 91.8 Å². The van der Waals surface area contributed by atoms with Gasteiger partial charge in [0.1, 0.15) is 17.0 Å². The third kappa shape index (κ3) is 3.31. The summed E-state index contributed by atoms with van der Waals surface area (Å²) in [5, 5.41) is 18.8. The monoisotopic (exact) mass is 330 g/mol. The van der Waals surface area contributed by atoms with Crippen molar-refractivity contribution in [2.24, 2.45) is 0 Å². The zero-order chi connectivity index (χ0) is 17.1. The van der Waals surface area contributed by atoms with Gasteiger partial charge in [0.15, 0.2) is 10.1 Å². The molecule has 0 saturated carbocycles. The molecule has 0 radical (unpaired) electrons. The Morgan fingerprint density at radius 3 is 2.43 bits per heavy atom. The van der Waals surface area contributed by atoms with Crippen molar-refractivity contribution >= 4 is 11.8 Å². The van der Waals surface area contributed by atoms with E-state index in [1.165, 1.54) is 17.8 Å². The van der Waals surface area contributed by atoms with Crippen LogP contribution in [0.4, 0.5) is 0 Å². The molecule has 2 heterocycles. The Labute approximate surface area is 140 Å². The first-order valence-electron chi connectivity index (χ1n) is 7.09. The van der Waals surface area contributed by atoms with Crippen LogP contribution in [0.1, 0.15) is 34.1 Å². The standard InChI is InChI=1S/C16H18N4O2S/c1-14(2)12(6-8-17)21-15(3,4)16(22-14,7-9-18)23-13-19-10-5-11-20-13/h5-6,10-11H,7H2,1-4H3/b12-6+. The molecule has 1 atom stereocenters. The predicted molar refractivity (Wildman–Crippen MR) is 84.9 cm³/mol. The summed E-state index contributed by atoms with van der Waals surface area (Å²) < 4.78 is 12.4. The molecule has 0 bridgehead atoms. The lowest BCUT2D eigenvalue weighted by Gasteiger charge is -2.53. The van der Waals surface area contributed by atoms with Crippen molar-refractivity contribution in [1.29, 1.82) is 10.5 Å². The van der Waals surface area contributed by atoms with Crippen LogP contribution < -0.4 is 0 Å². The van der Waals surface area contributed by atoms with E-state index in [0.29, 0.717) is 10.9 Å². The van der Waals surface area contributed by atoms with Crippen molar-refractivity contribution in [1.82, 2.24) is 9.97 Å². The largest absolute Gasteiger partial charge is 0.484 e. The quantitative estimate of drug-likeness (QED) is 0.620. The second-order valence-corrected chi connectivity index (χ2v) is 7.31. The Morgan fingerprint density at radius 1 is 1.22 bits per heavy atom. The van der Waals surface area contributed by atoms with Gasteiger partial charge in [-0.2, -0.15) is 10.5 Å². The normalized spacial score (nSPS) is 26.8. The van der Waals surface area contributed by atoms with Gasteiger partial charge in [-0.15, -0.1) is 0 Å². The van der Waals surface area contributed by atoms with Crippen molar-refractivity contribution in [2.75, 3.05) is 0 Å². The van der Waals surface area contributed by atoms with Crippen LogP contribution in [0.15, 0.2) is 35.5 Å². The maximum atomic E-state index is 9.33. The number of nitrogens with zero attached hydrogens (tertiary/aromatic N) is 4. The number of allylic oxidation sites excluding steroid dienone is 1. The highest BCUT2D eigenvalue weighted by Gasteiger charge is 2.58. The molecule has 1 aromatic heterocycles. The summed E-state index contributed by atoms with van der Waals surface area (Å²) in [6.45, 7) is 7.29. The molecule has 0 aliphatic carbocycles. The highest BCUT2D eigenvalue weighted by Crippen LogP contribution is 2.53. The number of thioether (sulfide) groups is 1. The minimum absolute atomic E-state index is 0.0895. The highest BCUT2D eigenvalue weighted by atomic mass is 32.2. The van der Waals surface area contributed by atoms with Crippen molar-refractivity contribution in [3.05, 3.63) is 30.3 Å². The lowest BCUT2D eigenvalue weighted by Crippen LogP contribution is -2.60. The molecule has 6 nitrogen and oxygen atoms in total. The van der Waals surface area contributed by atoms with E-state index in [1.807, 2.05) is 33.8 Å². The van der Waals surface area contributed by atoms with E-state index in [9.17, 15) is 5.26 Å². The van der Waals surface area contributed by atoms with E-state index in [1.54, 1.807) is 18.5 Å². The number of ether oxygens (including phenoxy) is 2. The summed E-state index contributed by atoms with van der Waals surface area (Å²) in [7, 11) is 0. The molecule has 0 aromatic carbocycles. The van der Waals surface area contributed by atoms with Gasteiger partial charge in [0, 0.05) is 12.4 Å². The molecule has 1 saturated heterocycles. The van der Waals surface area contributed by atoms with E-state index in [2.05, 4.69) is 16.0 Å². The van der Waals surface area contributed by atoms with Gasteiger partial charge in [0.2, 0.25) is 0 Å². The number of rotatable bonds is 3. The first-order valence-corrected chi connectivity index (χ1v) is 7.90. The number of hydrogen-bond acceptors (Lipinski definition) is 7. The Balaban J connectivity index is 2.48. The highest BCUT2D eigenvalue weighted by molar-refractivity contribution is 8.00. The summed E-state index contributed by atoms with van der Waals surface area (Å²) in [4.78, 5) is 7.42. The minimum atomic E-state index is -1.00. The molecular weight excluding hydrogens is 312 g/mol. The van der Waals surface area contributed by atoms with E-state index >= 15 is 0 Å². The zero-order valence-electron chi connectivity index (χ0n) is 13.5. The predicted octanol–water partition coefficient (Wildman–Crippen LogP) is 3.19. The molecule has 1 aromatic rings. The van der Waals surface area contributed by atoms with Crippen LogP contribution in [0, 0.1) is 22.7 Å². The van der Waals surface area contributed by atoms with Crippen LogP contribution in [0.2, 0.25) is 0 Å². The average molecular weight is 330 g/mol. The molecular formula is C16H18N4O2S. The van der Waals surface area contributed by atoms with Crippen molar-refractivity contribution in [3.63, 3.8) is 0 Å². The second-order valence-electron chi connectivity index (χ2n) is 6.08. The number of nitriles is 2. The van der Waals surface area contributed by atoms with Crippen molar-refractivity contribution < 1.29 is 9.47 Å². The first-order chi connectivity index (χ1) is 10.8. The van der Waals surface area contributed by atoms with Crippen LogP contribution in [-0.4, -0.2) is 26.1 Å². The molecule has 2 rings (SSSR count). The summed E-state index contributed by atoms with van der Waals surface area (Å²) >= 11 is 1.26. The average Bonchev–Trinajstić information content (AvgIpc) is 2.46. The Kier molecular flexibility index (Phi) is 4.65. The summed E-state index contributed by atoms with van der Waals surface area (Å²) in [5.41, 5.74) is -1.70. The molecule has 0 spiro atoms. The Morgan fingerprint density at radius 2 is 1.87 bits per heavy atom.